The molecule has 3 rings (SSSR count). The van der Waals surface area contributed by atoms with Crippen molar-refractivity contribution in [3.05, 3.63) is 54.1 Å². The largest absolute Gasteiger partial charge is 0.339 e. The average Bonchev–Trinajstić information content (AvgIpc) is 2.56. The van der Waals surface area contributed by atoms with Gasteiger partial charge in [0.25, 0.3) is 0 Å². The summed E-state index contributed by atoms with van der Waals surface area (Å²) in [5.74, 6) is -1.15. The molecule has 0 aliphatic carbocycles. The van der Waals surface area contributed by atoms with Crippen molar-refractivity contribution in [2.45, 2.75) is 5.16 Å². The summed E-state index contributed by atoms with van der Waals surface area (Å²) in [5.41, 5.74) is 1.08. The second-order valence-electron chi connectivity index (χ2n) is 4.57. The Morgan fingerprint density at radius 1 is 1.09 bits per heavy atom. The van der Waals surface area contributed by atoms with Gasteiger partial charge in [0, 0.05) is 17.1 Å². The maximum atomic E-state index is 13.4. The van der Waals surface area contributed by atoms with E-state index in [4.69, 9.17) is 5.26 Å². The third kappa shape index (κ3) is 3.38. The van der Waals surface area contributed by atoms with Gasteiger partial charge in [-0.2, -0.15) is 5.26 Å². The highest BCUT2D eigenvalue weighted by atomic mass is 32.2. The summed E-state index contributed by atoms with van der Waals surface area (Å²) in [6.07, 6.45) is 0. The number of hydrogen-bond donors (Lipinski definition) is 1. The number of rotatable bonds is 4. The number of aromatic nitrogens is 2. The van der Waals surface area contributed by atoms with Crippen LogP contribution in [0.4, 0.5) is 20.3 Å². The van der Waals surface area contributed by atoms with E-state index in [9.17, 15) is 8.78 Å². The van der Waals surface area contributed by atoms with E-state index in [1.807, 2.05) is 30.3 Å². The molecule has 0 amide bonds. The maximum absolute atomic E-state index is 13.4. The third-order valence-corrected chi connectivity index (χ3v) is 3.75. The molecule has 0 saturated carbocycles. The van der Waals surface area contributed by atoms with Crippen LogP contribution in [-0.4, -0.2) is 15.7 Å². The molecule has 0 bridgehead atoms. The zero-order chi connectivity index (χ0) is 16.2. The smallest absolute Gasteiger partial charge is 0.191 e. The van der Waals surface area contributed by atoms with Crippen molar-refractivity contribution >= 4 is 34.2 Å². The molecule has 0 radical (unpaired) electrons. The van der Waals surface area contributed by atoms with Crippen molar-refractivity contribution in [1.29, 1.82) is 5.26 Å². The lowest BCUT2D eigenvalue weighted by molar-refractivity contribution is 0.509. The Morgan fingerprint density at radius 3 is 2.70 bits per heavy atom. The lowest BCUT2D eigenvalue weighted by atomic mass is 10.2. The molecule has 1 heterocycles. The number of nitrogens with one attached hydrogen (secondary N) is 1. The average molecular weight is 328 g/mol. The van der Waals surface area contributed by atoms with Gasteiger partial charge in [0.2, 0.25) is 0 Å². The summed E-state index contributed by atoms with van der Waals surface area (Å²) in [5, 5.41) is 12.8. The second kappa shape index (κ2) is 6.58. The van der Waals surface area contributed by atoms with Gasteiger partial charge in [0.15, 0.2) is 16.8 Å². The van der Waals surface area contributed by atoms with Gasteiger partial charge in [-0.25, -0.2) is 18.7 Å². The molecule has 0 fully saturated rings. The topological polar surface area (TPSA) is 61.6 Å². The normalized spacial score (nSPS) is 10.5. The number of fused-ring (bicyclic) bond motifs is 1. The van der Waals surface area contributed by atoms with Crippen molar-refractivity contribution in [2.24, 2.45) is 0 Å². The van der Waals surface area contributed by atoms with Crippen LogP contribution in [0.3, 0.4) is 0 Å². The summed E-state index contributed by atoms with van der Waals surface area (Å²) in [6.45, 7) is 0. The first-order chi connectivity index (χ1) is 11.2. The fraction of sp³-hybridized carbons (Fsp3) is 0.0625. The van der Waals surface area contributed by atoms with E-state index in [1.165, 1.54) is 17.8 Å². The predicted molar refractivity (Wildman–Crippen MR) is 85.5 cm³/mol. The van der Waals surface area contributed by atoms with Gasteiger partial charge in [-0.05, 0) is 24.3 Å². The molecule has 1 N–H and O–H groups in total. The number of nitriles is 1. The highest BCUT2D eigenvalue weighted by Crippen LogP contribution is 2.27. The van der Waals surface area contributed by atoms with Gasteiger partial charge >= 0.3 is 0 Å². The van der Waals surface area contributed by atoms with E-state index in [2.05, 4.69) is 15.3 Å². The SMILES string of the molecule is N#CCSc1nc(Nc2ccc(F)c(F)c2)c2ccccc2n1. The Hall–Kier alpha value is -2.72. The molecule has 0 atom stereocenters. The fourth-order valence-corrected chi connectivity index (χ4v) is 2.53. The fourth-order valence-electron chi connectivity index (χ4n) is 2.02. The first-order valence-corrected chi connectivity index (χ1v) is 7.64. The van der Waals surface area contributed by atoms with Crippen LogP contribution in [-0.2, 0) is 0 Å². The summed E-state index contributed by atoms with van der Waals surface area (Å²) >= 11 is 1.21. The Bertz CT molecular complexity index is 908. The predicted octanol–water partition coefficient (Wildman–Crippen LogP) is 4.27. The van der Waals surface area contributed by atoms with Crippen LogP contribution in [0.15, 0.2) is 47.6 Å². The molecule has 0 aliphatic rings. The summed E-state index contributed by atoms with van der Waals surface area (Å²) in [7, 11) is 0. The van der Waals surface area contributed by atoms with E-state index in [1.54, 1.807) is 0 Å². The van der Waals surface area contributed by atoms with Crippen molar-refractivity contribution in [2.75, 3.05) is 11.1 Å². The van der Waals surface area contributed by atoms with Crippen molar-refractivity contribution < 1.29 is 8.78 Å². The Balaban J connectivity index is 2.03. The van der Waals surface area contributed by atoms with Crippen LogP contribution in [0.1, 0.15) is 0 Å². The molecule has 3 aromatic rings. The highest BCUT2D eigenvalue weighted by molar-refractivity contribution is 7.99. The van der Waals surface area contributed by atoms with Gasteiger partial charge in [-0.3, -0.25) is 0 Å². The maximum Gasteiger partial charge on any atom is 0.191 e. The van der Waals surface area contributed by atoms with Gasteiger partial charge < -0.3 is 5.32 Å². The van der Waals surface area contributed by atoms with E-state index < -0.39 is 11.6 Å². The van der Waals surface area contributed by atoms with Crippen LogP contribution in [0, 0.1) is 23.0 Å². The first kappa shape index (κ1) is 15.2. The molecular weight excluding hydrogens is 318 g/mol. The van der Waals surface area contributed by atoms with E-state index >= 15 is 0 Å². The molecule has 1 aromatic heterocycles. The van der Waals surface area contributed by atoms with Gasteiger partial charge in [0.05, 0.1) is 17.3 Å². The highest BCUT2D eigenvalue weighted by Gasteiger charge is 2.09. The van der Waals surface area contributed by atoms with Crippen LogP contribution in [0.2, 0.25) is 0 Å². The lowest BCUT2D eigenvalue weighted by Gasteiger charge is -2.10. The molecule has 2 aromatic carbocycles. The number of benzene rings is 2. The molecule has 0 saturated heterocycles. The molecule has 114 valence electrons. The zero-order valence-electron chi connectivity index (χ0n) is 11.8. The molecule has 0 spiro atoms. The van der Waals surface area contributed by atoms with E-state index in [0.29, 0.717) is 22.2 Å². The summed E-state index contributed by atoms with van der Waals surface area (Å²) < 4.78 is 26.4. The number of hydrogen-bond acceptors (Lipinski definition) is 5. The number of para-hydroxylation sites is 1. The molecule has 0 aliphatic heterocycles. The minimum absolute atomic E-state index is 0.225. The minimum atomic E-state index is -0.938. The standard InChI is InChI=1S/C16H10F2N4S/c17-12-6-5-10(9-13(12)18)20-15-11-3-1-2-4-14(11)21-16(22-15)23-8-7-19/h1-6,9H,8H2,(H,20,21,22). The number of anilines is 2. The number of thioether (sulfide) groups is 1. The van der Waals surface area contributed by atoms with E-state index in [0.717, 1.165) is 17.5 Å². The van der Waals surface area contributed by atoms with Crippen molar-refractivity contribution in [1.82, 2.24) is 9.97 Å². The van der Waals surface area contributed by atoms with Gasteiger partial charge in [-0.1, -0.05) is 23.9 Å². The Morgan fingerprint density at radius 2 is 1.91 bits per heavy atom. The van der Waals surface area contributed by atoms with Crippen molar-refractivity contribution in [3.63, 3.8) is 0 Å². The summed E-state index contributed by atoms with van der Waals surface area (Å²) in [6, 6.07) is 12.9. The Kier molecular flexibility index (Phi) is 4.35. The van der Waals surface area contributed by atoms with Gasteiger partial charge in [0.1, 0.15) is 5.82 Å². The van der Waals surface area contributed by atoms with Gasteiger partial charge in [-0.15, -0.1) is 0 Å². The number of halogens is 2. The van der Waals surface area contributed by atoms with E-state index in [-0.39, 0.29) is 5.75 Å². The summed E-state index contributed by atoms with van der Waals surface area (Å²) in [4.78, 5) is 8.73. The first-order valence-electron chi connectivity index (χ1n) is 6.66. The minimum Gasteiger partial charge on any atom is -0.339 e. The second-order valence-corrected chi connectivity index (χ2v) is 5.52. The quantitative estimate of drug-likeness (QED) is 0.572. The van der Waals surface area contributed by atoms with Crippen LogP contribution in [0.25, 0.3) is 10.9 Å². The van der Waals surface area contributed by atoms with Crippen molar-refractivity contribution in [3.8, 4) is 6.07 Å². The zero-order valence-corrected chi connectivity index (χ0v) is 12.6. The molecule has 0 unspecified atom stereocenters. The monoisotopic (exact) mass is 328 g/mol. The molecular formula is C16H10F2N4S. The lowest BCUT2D eigenvalue weighted by Crippen LogP contribution is -1.99. The van der Waals surface area contributed by atoms with Crippen LogP contribution >= 0.6 is 11.8 Å². The Labute approximate surface area is 135 Å². The van der Waals surface area contributed by atoms with Crippen LogP contribution in [0.5, 0.6) is 0 Å². The molecule has 4 nitrogen and oxygen atoms in total. The van der Waals surface area contributed by atoms with Crippen LogP contribution < -0.4 is 5.32 Å². The number of nitrogens with zero attached hydrogens (tertiary/aromatic N) is 3. The molecule has 7 heteroatoms. The third-order valence-electron chi connectivity index (χ3n) is 3.03. The molecule has 23 heavy (non-hydrogen) atoms.